The van der Waals surface area contributed by atoms with Gasteiger partial charge < -0.3 is 10.6 Å². The Hall–Kier alpha value is -0.510. The van der Waals surface area contributed by atoms with Crippen molar-refractivity contribution in [1.29, 1.82) is 0 Å². The minimum absolute atomic E-state index is 0.870. The van der Waals surface area contributed by atoms with Crippen LogP contribution in [0.3, 0.4) is 0 Å². The van der Waals surface area contributed by atoms with Crippen molar-refractivity contribution in [2.45, 2.75) is 96.8 Å². The average Bonchev–Trinajstić information content (AvgIpc) is 3.29. The molecule has 1 saturated heterocycles. The Morgan fingerprint density at radius 3 is 1.94 bits per heavy atom. The van der Waals surface area contributed by atoms with Gasteiger partial charge in [0.05, 0.1) is 7.11 Å². The maximum absolute atomic E-state index is 9.33. The average molecular weight is 478 g/mol. The topological polar surface area (TPSA) is 90.9 Å². The summed E-state index contributed by atoms with van der Waals surface area (Å²) in [6.07, 6.45) is 24.3. The molecule has 1 heterocycles. The number of allylic oxidation sites excluding steroid dienone is 2. The van der Waals surface area contributed by atoms with Crippen LogP contribution in [0.2, 0.25) is 0 Å². The third kappa shape index (κ3) is 25.7. The second-order valence-corrected chi connectivity index (χ2v) is 9.75. The van der Waals surface area contributed by atoms with Gasteiger partial charge in [-0.05, 0) is 38.6 Å². The van der Waals surface area contributed by atoms with Crippen molar-refractivity contribution in [3.8, 4) is 0 Å². The zero-order chi connectivity index (χ0) is 23.8. The summed E-state index contributed by atoms with van der Waals surface area (Å²) in [5.41, 5.74) is 0. The lowest BCUT2D eigenvalue weighted by Gasteiger charge is -2.13. The van der Waals surface area contributed by atoms with Crippen molar-refractivity contribution in [2.24, 2.45) is 0 Å². The molecule has 0 aliphatic carbocycles. The fourth-order valence-corrected chi connectivity index (χ4v) is 3.60. The molecule has 1 aliphatic rings. The molecule has 7 nitrogen and oxygen atoms in total. The van der Waals surface area contributed by atoms with Crippen molar-refractivity contribution in [3.63, 3.8) is 0 Å². The van der Waals surface area contributed by atoms with Crippen LogP contribution in [0.25, 0.3) is 0 Å². The van der Waals surface area contributed by atoms with Crippen LogP contribution in [0.1, 0.15) is 96.8 Å². The van der Waals surface area contributed by atoms with Gasteiger partial charge in [-0.2, -0.15) is 8.42 Å². The number of rotatable bonds is 20. The third-order valence-corrected chi connectivity index (χ3v) is 6.04. The summed E-state index contributed by atoms with van der Waals surface area (Å²) in [6, 6.07) is 0. The lowest BCUT2D eigenvalue weighted by Crippen LogP contribution is -2.31. The molecule has 0 aromatic rings. The van der Waals surface area contributed by atoms with E-state index < -0.39 is 10.4 Å². The molecule has 3 N–H and O–H groups in total. The van der Waals surface area contributed by atoms with E-state index in [4.69, 9.17) is 4.55 Å². The Morgan fingerprint density at radius 2 is 1.44 bits per heavy atom. The molecule has 0 amide bonds. The maximum Gasteiger partial charge on any atom is 0.397 e. The molecular weight excluding hydrogens is 426 g/mol. The van der Waals surface area contributed by atoms with Gasteiger partial charge >= 0.3 is 10.4 Å². The van der Waals surface area contributed by atoms with Gasteiger partial charge in [0.2, 0.25) is 0 Å². The van der Waals surface area contributed by atoms with Gasteiger partial charge in [0, 0.05) is 32.8 Å². The van der Waals surface area contributed by atoms with Crippen LogP contribution < -0.4 is 10.6 Å². The minimum atomic E-state index is -4.16. The van der Waals surface area contributed by atoms with Crippen LogP contribution in [0.5, 0.6) is 0 Å². The molecule has 0 bridgehead atoms. The highest BCUT2D eigenvalue weighted by molar-refractivity contribution is 7.80. The third-order valence-electron chi connectivity index (χ3n) is 5.62. The summed E-state index contributed by atoms with van der Waals surface area (Å²) in [5, 5.41) is 6.96. The quantitative estimate of drug-likeness (QED) is 0.130. The van der Waals surface area contributed by atoms with Gasteiger partial charge in [0.1, 0.15) is 0 Å². The van der Waals surface area contributed by atoms with E-state index in [1.807, 2.05) is 0 Å². The van der Waals surface area contributed by atoms with Crippen molar-refractivity contribution in [3.05, 3.63) is 12.2 Å². The van der Waals surface area contributed by atoms with Gasteiger partial charge in [-0.1, -0.05) is 76.9 Å². The highest BCUT2D eigenvalue weighted by Gasteiger charge is 2.08. The molecule has 0 radical (unpaired) electrons. The molecule has 192 valence electrons. The first-order chi connectivity index (χ1) is 15.5. The zero-order valence-corrected chi connectivity index (χ0v) is 21.6. The van der Waals surface area contributed by atoms with Crippen molar-refractivity contribution < 1.29 is 17.2 Å². The summed E-state index contributed by atoms with van der Waals surface area (Å²) in [7, 11) is -3.29. The second-order valence-electron chi connectivity index (χ2n) is 8.56. The van der Waals surface area contributed by atoms with E-state index >= 15 is 0 Å². The van der Waals surface area contributed by atoms with Crippen LogP contribution in [0.15, 0.2) is 12.2 Å². The molecule has 1 fully saturated rings. The van der Waals surface area contributed by atoms with Crippen LogP contribution >= 0.6 is 0 Å². The standard InChI is InChI=1S/C23H47N3.CH4O4S/c1-2-3-4-5-6-7-8-9-10-11-12-13-14-15-16-17-18-24-19-21-26-22-20-25-23-26;1-5-6(2,3)4/h9-10,24-25H,2-8,11-23H2,1H3;1H3,(H,2,3,4)/b10-9-;. The van der Waals surface area contributed by atoms with Gasteiger partial charge in [-0.3, -0.25) is 13.6 Å². The monoisotopic (exact) mass is 477 g/mol. The lowest BCUT2D eigenvalue weighted by molar-refractivity contribution is 0.324. The van der Waals surface area contributed by atoms with Crippen LogP contribution in [0.4, 0.5) is 0 Å². The molecule has 1 rings (SSSR count). The van der Waals surface area contributed by atoms with E-state index in [2.05, 4.69) is 38.8 Å². The van der Waals surface area contributed by atoms with E-state index in [-0.39, 0.29) is 0 Å². The van der Waals surface area contributed by atoms with Crippen LogP contribution in [0, 0.1) is 0 Å². The van der Waals surface area contributed by atoms with Crippen molar-refractivity contribution >= 4 is 10.4 Å². The van der Waals surface area contributed by atoms with Gasteiger partial charge in [-0.15, -0.1) is 0 Å². The fraction of sp³-hybridized carbons (Fsp3) is 0.917. The van der Waals surface area contributed by atoms with Gasteiger partial charge in [-0.25, -0.2) is 0 Å². The minimum Gasteiger partial charge on any atom is -0.315 e. The largest absolute Gasteiger partial charge is 0.397 e. The number of nitrogens with zero attached hydrogens (tertiary/aromatic N) is 1. The summed E-state index contributed by atoms with van der Waals surface area (Å²) in [5.74, 6) is 0. The first-order valence-corrected chi connectivity index (χ1v) is 14.2. The van der Waals surface area contributed by atoms with Crippen LogP contribution in [-0.4, -0.2) is 64.4 Å². The SMILES string of the molecule is CCCCCCCC/C=C\CCCCCCCCNCCN1CCNC1.COS(=O)(=O)O. The Bertz CT molecular complexity index is 509. The first-order valence-electron chi connectivity index (χ1n) is 12.8. The first kappa shape index (κ1) is 31.5. The number of unbranched alkanes of at least 4 members (excludes halogenated alkanes) is 12. The second kappa shape index (κ2) is 23.6. The molecule has 1 aliphatic heterocycles. The Labute approximate surface area is 198 Å². The lowest BCUT2D eigenvalue weighted by atomic mass is 10.1. The maximum atomic E-state index is 9.33. The highest BCUT2D eigenvalue weighted by atomic mass is 32.3. The molecular formula is C24H51N3O4S. The molecule has 0 saturated carbocycles. The summed E-state index contributed by atoms with van der Waals surface area (Å²) < 4.78 is 29.7. The van der Waals surface area contributed by atoms with Crippen LogP contribution in [-0.2, 0) is 14.6 Å². The van der Waals surface area contributed by atoms with E-state index in [0.717, 1.165) is 26.9 Å². The van der Waals surface area contributed by atoms with E-state index in [1.165, 1.54) is 110 Å². The molecule has 0 spiro atoms. The Morgan fingerprint density at radius 1 is 0.906 bits per heavy atom. The predicted octanol–water partition coefficient (Wildman–Crippen LogP) is 4.91. The molecule has 32 heavy (non-hydrogen) atoms. The normalized spacial score (nSPS) is 14.7. The molecule has 0 aromatic heterocycles. The van der Waals surface area contributed by atoms with Gasteiger partial charge in [0.25, 0.3) is 0 Å². The summed E-state index contributed by atoms with van der Waals surface area (Å²) in [4.78, 5) is 2.48. The Kier molecular flexibility index (Phi) is 23.3. The summed E-state index contributed by atoms with van der Waals surface area (Å²) in [6.45, 7) is 9.28. The Balaban J connectivity index is 0.00000140. The number of hydrogen-bond acceptors (Lipinski definition) is 6. The zero-order valence-electron chi connectivity index (χ0n) is 20.8. The van der Waals surface area contributed by atoms with E-state index in [9.17, 15) is 8.42 Å². The van der Waals surface area contributed by atoms with E-state index in [0.29, 0.717) is 0 Å². The fourth-order valence-electron chi connectivity index (χ4n) is 3.60. The predicted molar refractivity (Wildman–Crippen MR) is 135 cm³/mol. The summed E-state index contributed by atoms with van der Waals surface area (Å²) >= 11 is 0. The smallest absolute Gasteiger partial charge is 0.315 e. The number of nitrogens with one attached hydrogen (secondary N) is 2. The van der Waals surface area contributed by atoms with Crippen molar-refractivity contribution in [2.75, 3.05) is 46.5 Å². The molecule has 0 aromatic carbocycles. The van der Waals surface area contributed by atoms with E-state index in [1.54, 1.807) is 0 Å². The number of hydrogen-bond donors (Lipinski definition) is 3. The van der Waals surface area contributed by atoms with Crippen molar-refractivity contribution in [1.82, 2.24) is 15.5 Å². The molecule has 0 atom stereocenters. The van der Waals surface area contributed by atoms with Gasteiger partial charge in [0.15, 0.2) is 0 Å². The molecule has 8 heteroatoms. The highest BCUT2D eigenvalue weighted by Crippen LogP contribution is 2.09. The molecule has 0 unspecified atom stereocenters.